The lowest BCUT2D eigenvalue weighted by molar-refractivity contribution is -0.274. The van der Waals surface area contributed by atoms with Crippen LogP contribution in [0.1, 0.15) is 21.6 Å². The van der Waals surface area contributed by atoms with E-state index in [1.54, 1.807) is 61.7 Å². The Kier molecular flexibility index (Phi) is 11.3. The fourth-order valence-corrected chi connectivity index (χ4v) is 2.64. The molecule has 0 saturated heterocycles. The molecule has 10 heteroatoms. The van der Waals surface area contributed by atoms with E-state index in [0.717, 1.165) is 18.4 Å². The van der Waals surface area contributed by atoms with Crippen LogP contribution in [0.3, 0.4) is 0 Å². The number of pyridine rings is 1. The van der Waals surface area contributed by atoms with Crippen LogP contribution in [-0.2, 0) is 0 Å². The first-order valence-corrected chi connectivity index (χ1v) is 9.92. The first-order valence-electron chi connectivity index (χ1n) is 9.48. The third kappa shape index (κ3) is 9.90. The number of nitrogens with zero attached hydrogens (tertiary/aromatic N) is 1. The molecule has 1 aromatic carbocycles. The van der Waals surface area contributed by atoms with E-state index >= 15 is 0 Å². The van der Waals surface area contributed by atoms with Crippen molar-refractivity contribution < 1.29 is 33.0 Å². The van der Waals surface area contributed by atoms with Gasteiger partial charge in [0.25, 0.3) is 0 Å². The first kappa shape index (κ1) is 27.9. The number of benzene rings is 1. The Balaban J connectivity index is 0.000000335. The average molecular weight is 485 g/mol. The number of halogens is 4. The number of nitrogens with one attached hydrogen (secondary N) is 1. The number of Topliss-reactive ketones (excluding diaryl/α,β-unsaturated/α-hetero) is 1. The lowest BCUT2D eigenvalue weighted by Crippen LogP contribution is -2.16. The van der Waals surface area contributed by atoms with E-state index in [-0.39, 0.29) is 16.9 Å². The summed E-state index contributed by atoms with van der Waals surface area (Å²) in [6.07, 6.45) is 3.52. The van der Waals surface area contributed by atoms with Crippen LogP contribution in [0.2, 0.25) is 0 Å². The van der Waals surface area contributed by atoms with E-state index in [1.807, 2.05) is 12.4 Å². The van der Waals surface area contributed by atoms with Gasteiger partial charge in [0.1, 0.15) is 5.75 Å². The maximum absolute atomic E-state index is 12.4. The molecule has 178 valence electrons. The number of aliphatic hydroxyl groups is 1. The third-order valence-corrected chi connectivity index (χ3v) is 4.25. The van der Waals surface area contributed by atoms with Gasteiger partial charge in [-0.3, -0.25) is 20.5 Å². The van der Waals surface area contributed by atoms with E-state index in [1.165, 1.54) is 12.1 Å². The highest BCUT2D eigenvalue weighted by Gasteiger charge is 2.30. The number of carbonyl (C=O) groups excluding carboxylic acids is 1. The van der Waals surface area contributed by atoms with E-state index in [4.69, 9.17) is 21.9 Å². The quantitative estimate of drug-likeness (QED) is 0.320. The Bertz CT molecular complexity index is 1000. The SMILES string of the molecule is CO.Cc1cc(C(=O)C2=C(NO)C=CC(Cl)C=C2)ccn1.Cc1ccc(OC(F)(F)F)cc1. The highest BCUT2D eigenvalue weighted by molar-refractivity contribution is 6.23. The van der Waals surface area contributed by atoms with Crippen molar-refractivity contribution in [1.82, 2.24) is 10.5 Å². The second kappa shape index (κ2) is 13.4. The molecule has 0 bridgehead atoms. The topological polar surface area (TPSA) is 91.7 Å². The number of carbonyl (C=O) groups is 1. The van der Waals surface area contributed by atoms with Gasteiger partial charge in [-0.05, 0) is 44.2 Å². The molecule has 33 heavy (non-hydrogen) atoms. The fourth-order valence-electron chi connectivity index (χ4n) is 2.50. The fraction of sp³-hybridized carbons (Fsp3) is 0.217. The molecule has 2 aromatic rings. The maximum atomic E-state index is 12.4. The van der Waals surface area contributed by atoms with Gasteiger partial charge in [-0.15, -0.1) is 24.8 Å². The number of hydroxylamine groups is 1. The highest BCUT2D eigenvalue weighted by atomic mass is 35.5. The third-order valence-electron chi connectivity index (χ3n) is 3.96. The van der Waals surface area contributed by atoms with Crippen molar-refractivity contribution in [2.75, 3.05) is 7.11 Å². The van der Waals surface area contributed by atoms with Gasteiger partial charge in [0.2, 0.25) is 0 Å². The smallest absolute Gasteiger partial charge is 0.406 e. The summed E-state index contributed by atoms with van der Waals surface area (Å²) >= 11 is 5.95. The lowest BCUT2D eigenvalue weighted by atomic mass is 10.0. The average Bonchev–Trinajstić information content (AvgIpc) is 2.97. The molecule has 0 spiro atoms. The summed E-state index contributed by atoms with van der Waals surface area (Å²) in [7, 11) is 1.00. The van der Waals surface area contributed by atoms with Crippen LogP contribution >= 0.6 is 11.6 Å². The zero-order valence-electron chi connectivity index (χ0n) is 18.1. The monoisotopic (exact) mass is 484 g/mol. The van der Waals surface area contributed by atoms with E-state index in [2.05, 4.69) is 9.72 Å². The summed E-state index contributed by atoms with van der Waals surface area (Å²) in [5.74, 6) is -0.387. The predicted molar refractivity (Wildman–Crippen MR) is 119 cm³/mol. The van der Waals surface area contributed by atoms with Crippen LogP contribution in [-0.4, -0.2) is 39.9 Å². The summed E-state index contributed by atoms with van der Waals surface area (Å²) in [6, 6.07) is 9.01. The molecule has 0 radical (unpaired) electrons. The number of ketones is 1. The Labute approximate surface area is 194 Å². The van der Waals surface area contributed by atoms with E-state index in [9.17, 15) is 18.0 Å². The zero-order chi connectivity index (χ0) is 25.0. The minimum atomic E-state index is -4.60. The van der Waals surface area contributed by atoms with Gasteiger partial charge in [0, 0.05) is 30.1 Å². The normalized spacial score (nSPS) is 14.9. The zero-order valence-corrected chi connectivity index (χ0v) is 18.9. The largest absolute Gasteiger partial charge is 0.573 e. The second-order valence-electron chi connectivity index (χ2n) is 6.48. The molecular formula is C23H24ClF3N2O4. The molecule has 1 aliphatic carbocycles. The second-order valence-corrected chi connectivity index (χ2v) is 6.98. The molecule has 6 nitrogen and oxygen atoms in total. The van der Waals surface area contributed by atoms with Crippen molar-refractivity contribution in [2.45, 2.75) is 25.6 Å². The molecule has 1 atom stereocenters. The molecule has 0 amide bonds. The van der Waals surface area contributed by atoms with E-state index in [0.29, 0.717) is 16.8 Å². The van der Waals surface area contributed by atoms with Gasteiger partial charge in [-0.2, -0.15) is 0 Å². The van der Waals surface area contributed by atoms with Crippen molar-refractivity contribution >= 4 is 17.4 Å². The van der Waals surface area contributed by atoms with Crippen LogP contribution in [0.5, 0.6) is 5.75 Å². The summed E-state index contributed by atoms with van der Waals surface area (Å²) < 4.78 is 38.5. The van der Waals surface area contributed by atoms with Gasteiger partial charge >= 0.3 is 6.36 Å². The minimum absolute atomic E-state index is 0.187. The Morgan fingerprint density at radius 2 is 1.70 bits per heavy atom. The molecule has 1 aliphatic rings. The number of rotatable bonds is 4. The highest BCUT2D eigenvalue weighted by Crippen LogP contribution is 2.22. The van der Waals surface area contributed by atoms with Crippen LogP contribution in [0.15, 0.2) is 78.2 Å². The minimum Gasteiger partial charge on any atom is -0.406 e. The molecule has 0 aliphatic heterocycles. The van der Waals surface area contributed by atoms with Gasteiger partial charge in [0.15, 0.2) is 5.78 Å². The number of allylic oxidation sites excluding steroid dienone is 5. The van der Waals surface area contributed by atoms with Crippen molar-refractivity contribution in [3.05, 3.63) is 95.0 Å². The van der Waals surface area contributed by atoms with Crippen molar-refractivity contribution in [3.63, 3.8) is 0 Å². The number of hydrogen-bond donors (Lipinski definition) is 3. The molecule has 1 unspecified atom stereocenters. The van der Waals surface area contributed by atoms with Crippen LogP contribution < -0.4 is 10.2 Å². The van der Waals surface area contributed by atoms with Gasteiger partial charge in [-0.1, -0.05) is 35.9 Å². The van der Waals surface area contributed by atoms with Crippen LogP contribution in [0.4, 0.5) is 13.2 Å². The predicted octanol–water partition coefficient (Wildman–Crippen LogP) is 5.04. The van der Waals surface area contributed by atoms with E-state index < -0.39 is 6.36 Å². The lowest BCUT2D eigenvalue weighted by Gasteiger charge is -2.08. The van der Waals surface area contributed by atoms with Crippen molar-refractivity contribution in [2.24, 2.45) is 0 Å². The van der Waals surface area contributed by atoms with Gasteiger partial charge in [-0.25, -0.2) is 0 Å². The molecule has 1 heterocycles. The number of hydrogen-bond acceptors (Lipinski definition) is 6. The Morgan fingerprint density at radius 3 is 2.24 bits per heavy atom. The van der Waals surface area contributed by atoms with Gasteiger partial charge < -0.3 is 9.84 Å². The molecule has 0 fully saturated rings. The first-order chi connectivity index (χ1) is 15.6. The Hall–Kier alpha value is -3.14. The van der Waals surface area contributed by atoms with Crippen molar-refractivity contribution in [1.29, 1.82) is 0 Å². The van der Waals surface area contributed by atoms with Crippen molar-refractivity contribution in [3.8, 4) is 5.75 Å². The number of aryl methyl sites for hydroxylation is 2. The molecular weight excluding hydrogens is 461 g/mol. The molecule has 1 aromatic heterocycles. The molecule has 3 rings (SSSR count). The number of ether oxygens (including phenoxy) is 1. The molecule has 3 N–H and O–H groups in total. The van der Waals surface area contributed by atoms with Crippen LogP contribution in [0, 0.1) is 13.8 Å². The number of aromatic nitrogens is 1. The number of aliphatic hydroxyl groups excluding tert-OH is 1. The summed E-state index contributed by atoms with van der Waals surface area (Å²) in [5, 5.41) is 15.8. The number of alkyl halides is 4. The Morgan fingerprint density at radius 1 is 1.09 bits per heavy atom. The summed E-state index contributed by atoms with van der Waals surface area (Å²) in [4.78, 5) is 16.5. The molecule has 0 saturated carbocycles. The summed E-state index contributed by atoms with van der Waals surface area (Å²) in [6.45, 7) is 3.60. The standard InChI is InChI=1S/C14H13ClN2O2.C8H7F3O.CH4O/c1-9-8-10(6-7-16-9)14(18)12-4-2-11(15)3-5-13(12)17-19;1-6-2-4-7(5-3-6)12-8(9,10)11;1-2/h2-8,11,17,19H,1H3;2-5H,1H3;2H,1H3. The van der Waals surface area contributed by atoms with Gasteiger partial charge in [0.05, 0.1) is 11.1 Å². The maximum Gasteiger partial charge on any atom is 0.573 e. The summed E-state index contributed by atoms with van der Waals surface area (Å²) in [5.41, 5.74) is 4.86. The van der Waals surface area contributed by atoms with Crippen LogP contribution in [0.25, 0.3) is 0 Å².